The number of benzene rings is 1. The molecule has 0 spiro atoms. The van der Waals surface area contributed by atoms with Gasteiger partial charge in [-0.25, -0.2) is 0 Å². The van der Waals surface area contributed by atoms with E-state index < -0.39 is 0 Å². The number of amides is 1. The summed E-state index contributed by atoms with van der Waals surface area (Å²) >= 11 is 8.95. The maximum atomic E-state index is 13.1. The predicted molar refractivity (Wildman–Crippen MR) is 112 cm³/mol. The van der Waals surface area contributed by atoms with Gasteiger partial charge in [-0.2, -0.15) is 0 Å². The zero-order valence-electron chi connectivity index (χ0n) is 15.0. The van der Waals surface area contributed by atoms with Crippen LogP contribution in [0.5, 0.6) is 0 Å². The first kappa shape index (κ1) is 19.3. The molecule has 0 fully saturated rings. The van der Waals surface area contributed by atoms with E-state index >= 15 is 0 Å². The molecule has 2 aromatic rings. The minimum Gasteiger partial charge on any atom is -0.360 e. The first-order chi connectivity index (χ1) is 12.9. The molecule has 1 aliphatic rings. The van der Waals surface area contributed by atoms with Crippen LogP contribution < -0.4 is 10.6 Å². The normalized spacial score (nSPS) is 16.9. The number of halogens is 1. The van der Waals surface area contributed by atoms with Gasteiger partial charge < -0.3 is 20.1 Å². The first-order valence-corrected chi connectivity index (χ1v) is 9.50. The van der Waals surface area contributed by atoms with E-state index in [1.54, 1.807) is 19.1 Å². The molecular formula is C19H19BrN4O2S. The highest BCUT2D eigenvalue weighted by atomic mass is 79.9. The Morgan fingerprint density at radius 1 is 1.44 bits per heavy atom. The van der Waals surface area contributed by atoms with Crippen molar-refractivity contribution in [1.82, 2.24) is 15.4 Å². The summed E-state index contributed by atoms with van der Waals surface area (Å²) in [6.07, 6.45) is 1.74. The van der Waals surface area contributed by atoms with Gasteiger partial charge in [0.15, 0.2) is 10.9 Å². The Balaban J connectivity index is 2.02. The van der Waals surface area contributed by atoms with Crippen LogP contribution >= 0.6 is 28.1 Å². The maximum absolute atomic E-state index is 13.1. The van der Waals surface area contributed by atoms with Gasteiger partial charge in [0.25, 0.3) is 5.91 Å². The van der Waals surface area contributed by atoms with Crippen LogP contribution in [0.15, 0.2) is 63.3 Å². The van der Waals surface area contributed by atoms with Crippen LogP contribution in [-0.4, -0.2) is 27.6 Å². The van der Waals surface area contributed by atoms with Gasteiger partial charge in [0, 0.05) is 22.8 Å². The lowest BCUT2D eigenvalue weighted by molar-refractivity contribution is -0.113. The Morgan fingerprint density at radius 2 is 2.15 bits per heavy atom. The fraction of sp³-hybridized carbons (Fsp3) is 0.211. The smallest absolute Gasteiger partial charge is 0.257 e. The number of rotatable bonds is 5. The second-order valence-corrected chi connectivity index (χ2v) is 7.41. The highest BCUT2D eigenvalue weighted by molar-refractivity contribution is 9.10. The lowest BCUT2D eigenvalue weighted by Crippen LogP contribution is -2.48. The SMILES string of the molecule is C=CCN1C(=S)N[C@@H](c2ccc(Br)cc2)C(C(=O)Nc2cc(C)on2)=C1C. The van der Waals surface area contributed by atoms with Crippen LogP contribution in [0.25, 0.3) is 0 Å². The molecule has 3 rings (SSSR count). The van der Waals surface area contributed by atoms with Crippen molar-refractivity contribution < 1.29 is 9.32 Å². The second kappa shape index (κ2) is 8.06. The third-order valence-electron chi connectivity index (χ3n) is 4.23. The van der Waals surface area contributed by atoms with E-state index in [-0.39, 0.29) is 11.9 Å². The summed E-state index contributed by atoms with van der Waals surface area (Å²) in [6.45, 7) is 7.92. The van der Waals surface area contributed by atoms with Crippen molar-refractivity contribution in [3.05, 3.63) is 70.1 Å². The number of hydrogen-bond acceptors (Lipinski definition) is 4. The van der Waals surface area contributed by atoms with Crippen molar-refractivity contribution in [1.29, 1.82) is 0 Å². The number of anilines is 1. The molecular weight excluding hydrogens is 428 g/mol. The molecule has 2 heterocycles. The third-order valence-corrected chi connectivity index (χ3v) is 5.09. The van der Waals surface area contributed by atoms with Crippen molar-refractivity contribution in [2.45, 2.75) is 19.9 Å². The number of carbonyl (C=O) groups excluding carboxylic acids is 1. The van der Waals surface area contributed by atoms with E-state index in [0.29, 0.717) is 28.8 Å². The molecule has 8 heteroatoms. The number of aromatic nitrogens is 1. The molecule has 6 nitrogen and oxygen atoms in total. The number of nitrogens with one attached hydrogen (secondary N) is 2. The van der Waals surface area contributed by atoms with Crippen molar-refractivity contribution in [2.75, 3.05) is 11.9 Å². The van der Waals surface area contributed by atoms with E-state index in [1.165, 1.54) is 0 Å². The predicted octanol–water partition coefficient (Wildman–Crippen LogP) is 4.08. The number of carbonyl (C=O) groups is 1. The Kier molecular flexibility index (Phi) is 5.76. The van der Waals surface area contributed by atoms with Gasteiger partial charge in [-0.15, -0.1) is 6.58 Å². The summed E-state index contributed by atoms with van der Waals surface area (Å²) in [5.74, 6) is 0.727. The number of thiocarbonyl (C=S) groups is 1. The molecule has 0 saturated carbocycles. The van der Waals surface area contributed by atoms with Crippen molar-refractivity contribution in [3.63, 3.8) is 0 Å². The molecule has 27 heavy (non-hydrogen) atoms. The quantitative estimate of drug-likeness (QED) is 0.532. The molecule has 1 aromatic carbocycles. The summed E-state index contributed by atoms with van der Waals surface area (Å²) in [7, 11) is 0. The Labute approximate surface area is 171 Å². The van der Waals surface area contributed by atoms with E-state index in [0.717, 1.165) is 15.7 Å². The summed E-state index contributed by atoms with van der Waals surface area (Å²) in [6, 6.07) is 9.07. The third kappa shape index (κ3) is 4.12. The number of allylic oxidation sites excluding steroid dienone is 1. The fourth-order valence-electron chi connectivity index (χ4n) is 2.94. The van der Waals surface area contributed by atoms with Crippen LogP contribution in [-0.2, 0) is 4.79 Å². The average Bonchev–Trinajstić information content (AvgIpc) is 3.03. The van der Waals surface area contributed by atoms with Gasteiger partial charge in [0.2, 0.25) is 0 Å². The molecule has 0 unspecified atom stereocenters. The van der Waals surface area contributed by atoms with Crippen LogP contribution in [0, 0.1) is 6.92 Å². The molecule has 2 N–H and O–H groups in total. The second-order valence-electron chi connectivity index (χ2n) is 6.11. The van der Waals surface area contributed by atoms with Gasteiger partial charge >= 0.3 is 0 Å². The summed E-state index contributed by atoms with van der Waals surface area (Å²) in [5, 5.41) is 10.5. The van der Waals surface area contributed by atoms with Crippen LogP contribution in [0.3, 0.4) is 0 Å². The Bertz CT molecular complexity index is 920. The Hall–Kier alpha value is -2.45. The zero-order chi connectivity index (χ0) is 19.6. The van der Waals surface area contributed by atoms with Crippen LogP contribution in [0.2, 0.25) is 0 Å². The van der Waals surface area contributed by atoms with Gasteiger partial charge in [0.1, 0.15) is 5.76 Å². The molecule has 0 saturated heterocycles. The summed E-state index contributed by atoms with van der Waals surface area (Å²) < 4.78 is 6.00. The van der Waals surface area contributed by atoms with E-state index in [1.807, 2.05) is 36.1 Å². The molecule has 1 amide bonds. The lowest BCUT2D eigenvalue weighted by atomic mass is 9.94. The van der Waals surface area contributed by atoms with Gasteiger partial charge in [-0.1, -0.05) is 39.3 Å². The highest BCUT2D eigenvalue weighted by Gasteiger charge is 2.33. The number of nitrogens with zero attached hydrogens (tertiary/aromatic N) is 2. The van der Waals surface area contributed by atoms with Crippen molar-refractivity contribution in [2.24, 2.45) is 0 Å². The molecule has 1 aliphatic heterocycles. The topological polar surface area (TPSA) is 70.4 Å². The molecule has 0 aliphatic carbocycles. The molecule has 140 valence electrons. The molecule has 1 aromatic heterocycles. The average molecular weight is 447 g/mol. The largest absolute Gasteiger partial charge is 0.360 e. The van der Waals surface area contributed by atoms with Crippen molar-refractivity contribution >= 4 is 45.0 Å². The highest BCUT2D eigenvalue weighted by Crippen LogP contribution is 2.32. The minimum absolute atomic E-state index is 0.266. The van der Waals surface area contributed by atoms with Gasteiger partial charge in [-0.3, -0.25) is 4.79 Å². The van der Waals surface area contributed by atoms with Crippen LogP contribution in [0.1, 0.15) is 24.3 Å². The molecule has 1 atom stereocenters. The first-order valence-electron chi connectivity index (χ1n) is 8.30. The van der Waals surface area contributed by atoms with E-state index in [4.69, 9.17) is 16.7 Å². The van der Waals surface area contributed by atoms with E-state index in [9.17, 15) is 4.79 Å². The van der Waals surface area contributed by atoms with Crippen molar-refractivity contribution in [3.8, 4) is 0 Å². The van der Waals surface area contributed by atoms with E-state index in [2.05, 4.69) is 38.3 Å². The minimum atomic E-state index is -0.375. The maximum Gasteiger partial charge on any atom is 0.257 e. The lowest BCUT2D eigenvalue weighted by Gasteiger charge is -2.37. The standard InChI is InChI=1S/C19H19BrN4O2S/c1-4-9-24-12(3)16(18(25)21-15-10-11(2)26-23-15)17(22-19(24)27)13-5-7-14(20)8-6-13/h4-8,10,17H,1,9H2,2-3H3,(H,22,27)(H,21,23,25)/t17-/m0/s1. The molecule has 0 bridgehead atoms. The van der Waals surface area contributed by atoms with Gasteiger partial charge in [-0.05, 0) is 43.8 Å². The number of aryl methyl sites for hydroxylation is 1. The Morgan fingerprint density at radius 3 is 2.74 bits per heavy atom. The fourth-order valence-corrected chi connectivity index (χ4v) is 3.53. The summed E-state index contributed by atoms with van der Waals surface area (Å²) in [5.41, 5.74) is 2.26. The van der Waals surface area contributed by atoms with Gasteiger partial charge in [0.05, 0.1) is 11.6 Å². The molecule has 0 radical (unpaired) electrons. The monoisotopic (exact) mass is 446 g/mol. The number of hydrogen-bond donors (Lipinski definition) is 2. The van der Waals surface area contributed by atoms with Crippen LogP contribution in [0.4, 0.5) is 5.82 Å². The summed E-state index contributed by atoms with van der Waals surface area (Å²) in [4.78, 5) is 14.9. The zero-order valence-corrected chi connectivity index (χ0v) is 17.4.